The number of hydrogen-bond acceptors (Lipinski definition) is 5. The van der Waals surface area contributed by atoms with E-state index in [1.54, 1.807) is 25.1 Å². The monoisotopic (exact) mass is 460 g/mol. The number of ether oxygens (including phenoxy) is 1. The van der Waals surface area contributed by atoms with Gasteiger partial charge in [0.05, 0.1) is 28.5 Å². The SMILES string of the molecule is CCn1ncc(Br)c1CN(C)C(=O)c1noc(C)c1COc1cc(C)ccc1C. The third kappa shape index (κ3) is 4.53. The minimum atomic E-state index is -0.225. The van der Waals surface area contributed by atoms with E-state index in [9.17, 15) is 4.79 Å². The number of amides is 1. The largest absolute Gasteiger partial charge is 0.488 e. The van der Waals surface area contributed by atoms with Crippen molar-refractivity contribution in [3.63, 3.8) is 0 Å². The van der Waals surface area contributed by atoms with Gasteiger partial charge in [0.25, 0.3) is 5.91 Å². The summed E-state index contributed by atoms with van der Waals surface area (Å²) in [5.74, 6) is 1.14. The van der Waals surface area contributed by atoms with Crippen molar-refractivity contribution in [2.45, 2.75) is 47.4 Å². The van der Waals surface area contributed by atoms with Gasteiger partial charge in [0.2, 0.25) is 0 Å². The Labute approximate surface area is 178 Å². The average molecular weight is 461 g/mol. The standard InChI is InChI=1S/C21H25BrN4O3/c1-6-26-18(17(22)10-23-26)11-25(5)21(27)20-16(15(4)29-24-20)12-28-19-9-13(2)7-8-14(19)3/h7-10H,6,11-12H2,1-5H3. The fourth-order valence-corrected chi connectivity index (χ4v) is 3.46. The molecular weight excluding hydrogens is 436 g/mol. The van der Waals surface area contributed by atoms with Crippen LogP contribution in [0, 0.1) is 20.8 Å². The lowest BCUT2D eigenvalue weighted by atomic mass is 10.1. The maximum Gasteiger partial charge on any atom is 0.276 e. The summed E-state index contributed by atoms with van der Waals surface area (Å²) < 4.78 is 14.0. The summed E-state index contributed by atoms with van der Waals surface area (Å²) in [5.41, 5.74) is 4.01. The van der Waals surface area contributed by atoms with Gasteiger partial charge in [0.15, 0.2) is 5.69 Å². The quantitative estimate of drug-likeness (QED) is 0.521. The summed E-state index contributed by atoms with van der Waals surface area (Å²) in [6.07, 6.45) is 1.74. The zero-order valence-electron chi connectivity index (χ0n) is 17.3. The van der Waals surface area contributed by atoms with Crippen LogP contribution in [-0.2, 0) is 19.7 Å². The summed E-state index contributed by atoms with van der Waals surface area (Å²) in [6, 6.07) is 6.03. The molecule has 0 spiro atoms. The molecule has 0 fully saturated rings. The number of carbonyl (C=O) groups excluding carboxylic acids is 1. The van der Waals surface area contributed by atoms with E-state index in [1.807, 2.05) is 43.7 Å². The molecule has 154 valence electrons. The molecule has 3 aromatic rings. The molecule has 1 aromatic carbocycles. The van der Waals surface area contributed by atoms with E-state index in [0.29, 0.717) is 17.9 Å². The molecule has 1 amide bonds. The Bertz CT molecular complexity index is 1030. The third-order valence-corrected chi connectivity index (χ3v) is 5.50. The molecule has 0 unspecified atom stereocenters. The van der Waals surface area contributed by atoms with Crippen LogP contribution in [-0.4, -0.2) is 32.8 Å². The lowest BCUT2D eigenvalue weighted by Crippen LogP contribution is -2.29. The van der Waals surface area contributed by atoms with Gasteiger partial charge in [-0.15, -0.1) is 0 Å². The van der Waals surface area contributed by atoms with E-state index in [1.165, 1.54) is 0 Å². The van der Waals surface area contributed by atoms with Gasteiger partial charge in [-0.1, -0.05) is 17.3 Å². The molecule has 2 aromatic heterocycles. The number of aryl methyl sites for hydroxylation is 4. The van der Waals surface area contributed by atoms with Crippen molar-refractivity contribution in [1.29, 1.82) is 0 Å². The Morgan fingerprint density at radius 1 is 1.31 bits per heavy atom. The number of nitrogens with zero attached hydrogens (tertiary/aromatic N) is 4. The Kier molecular flexibility index (Phi) is 6.42. The van der Waals surface area contributed by atoms with Gasteiger partial charge in [-0.2, -0.15) is 5.10 Å². The molecule has 0 aliphatic heterocycles. The normalized spacial score (nSPS) is 11.0. The van der Waals surface area contributed by atoms with Crippen LogP contribution >= 0.6 is 15.9 Å². The molecular formula is C21H25BrN4O3. The first-order valence-electron chi connectivity index (χ1n) is 9.42. The van der Waals surface area contributed by atoms with Crippen LogP contribution in [0.3, 0.4) is 0 Å². The van der Waals surface area contributed by atoms with Crippen molar-refractivity contribution in [1.82, 2.24) is 19.8 Å². The average Bonchev–Trinajstić information content (AvgIpc) is 3.24. The number of rotatable bonds is 7. The van der Waals surface area contributed by atoms with Gasteiger partial charge in [-0.3, -0.25) is 9.48 Å². The first-order chi connectivity index (χ1) is 13.8. The molecule has 0 saturated heterocycles. The lowest BCUT2D eigenvalue weighted by molar-refractivity contribution is 0.0768. The smallest absolute Gasteiger partial charge is 0.276 e. The minimum Gasteiger partial charge on any atom is -0.488 e. The lowest BCUT2D eigenvalue weighted by Gasteiger charge is -2.18. The third-order valence-electron chi connectivity index (χ3n) is 4.83. The fourth-order valence-electron chi connectivity index (χ4n) is 3.04. The Hall–Kier alpha value is -2.61. The van der Waals surface area contributed by atoms with Gasteiger partial charge in [0.1, 0.15) is 18.1 Å². The second-order valence-corrected chi connectivity index (χ2v) is 7.89. The van der Waals surface area contributed by atoms with Crippen LogP contribution < -0.4 is 4.74 Å². The highest BCUT2D eigenvalue weighted by Gasteiger charge is 2.25. The molecule has 0 aliphatic carbocycles. The van der Waals surface area contributed by atoms with E-state index < -0.39 is 0 Å². The van der Waals surface area contributed by atoms with E-state index in [-0.39, 0.29) is 18.2 Å². The Balaban J connectivity index is 1.78. The fraction of sp³-hybridized carbons (Fsp3) is 0.381. The van der Waals surface area contributed by atoms with Crippen molar-refractivity contribution in [2.75, 3.05) is 7.05 Å². The van der Waals surface area contributed by atoms with Crippen LogP contribution in [0.25, 0.3) is 0 Å². The Morgan fingerprint density at radius 2 is 2.07 bits per heavy atom. The number of halogens is 1. The highest BCUT2D eigenvalue weighted by Crippen LogP contribution is 2.24. The van der Waals surface area contributed by atoms with Crippen molar-refractivity contribution >= 4 is 21.8 Å². The second-order valence-electron chi connectivity index (χ2n) is 7.04. The number of aromatic nitrogens is 3. The van der Waals surface area contributed by atoms with Crippen LogP contribution in [0.5, 0.6) is 5.75 Å². The van der Waals surface area contributed by atoms with Crippen molar-refractivity contribution < 1.29 is 14.1 Å². The minimum absolute atomic E-state index is 0.213. The molecule has 0 radical (unpaired) electrons. The molecule has 0 saturated carbocycles. The number of carbonyl (C=O) groups is 1. The molecule has 0 bridgehead atoms. The molecule has 0 N–H and O–H groups in total. The molecule has 2 heterocycles. The van der Waals surface area contributed by atoms with E-state index >= 15 is 0 Å². The molecule has 0 atom stereocenters. The van der Waals surface area contributed by atoms with Crippen LogP contribution in [0.15, 0.2) is 33.4 Å². The highest BCUT2D eigenvalue weighted by molar-refractivity contribution is 9.10. The summed E-state index contributed by atoms with van der Waals surface area (Å²) >= 11 is 3.50. The number of hydrogen-bond donors (Lipinski definition) is 0. The zero-order chi connectivity index (χ0) is 21.1. The van der Waals surface area contributed by atoms with Crippen LogP contribution in [0.4, 0.5) is 0 Å². The van der Waals surface area contributed by atoms with Gasteiger partial charge in [0, 0.05) is 13.6 Å². The van der Waals surface area contributed by atoms with Crippen molar-refractivity contribution in [3.8, 4) is 5.75 Å². The molecule has 7 nitrogen and oxygen atoms in total. The van der Waals surface area contributed by atoms with Crippen molar-refractivity contribution in [2.24, 2.45) is 0 Å². The van der Waals surface area contributed by atoms with Gasteiger partial charge in [-0.05, 0) is 60.8 Å². The van der Waals surface area contributed by atoms with E-state index in [0.717, 1.165) is 33.6 Å². The van der Waals surface area contributed by atoms with Gasteiger partial charge >= 0.3 is 0 Å². The summed E-state index contributed by atoms with van der Waals surface area (Å²) in [5, 5.41) is 8.30. The maximum absolute atomic E-state index is 13.1. The summed E-state index contributed by atoms with van der Waals surface area (Å²) in [4.78, 5) is 14.7. The molecule has 8 heteroatoms. The predicted molar refractivity (Wildman–Crippen MR) is 113 cm³/mol. The van der Waals surface area contributed by atoms with Crippen molar-refractivity contribution in [3.05, 3.63) is 62.7 Å². The Morgan fingerprint density at radius 3 is 2.79 bits per heavy atom. The first kappa shape index (κ1) is 21.1. The highest BCUT2D eigenvalue weighted by atomic mass is 79.9. The second kappa shape index (κ2) is 8.82. The molecule has 3 rings (SSSR count). The number of benzene rings is 1. The summed E-state index contributed by atoms with van der Waals surface area (Å²) in [6.45, 7) is 9.13. The van der Waals surface area contributed by atoms with Crippen LogP contribution in [0.1, 0.15) is 45.6 Å². The van der Waals surface area contributed by atoms with E-state index in [2.05, 4.69) is 26.2 Å². The molecule has 0 aliphatic rings. The van der Waals surface area contributed by atoms with Gasteiger partial charge in [-0.25, -0.2) is 0 Å². The summed E-state index contributed by atoms with van der Waals surface area (Å²) in [7, 11) is 1.74. The van der Waals surface area contributed by atoms with E-state index in [4.69, 9.17) is 9.26 Å². The van der Waals surface area contributed by atoms with Crippen LogP contribution in [0.2, 0.25) is 0 Å². The predicted octanol–water partition coefficient (Wildman–Crippen LogP) is 4.43. The zero-order valence-corrected chi connectivity index (χ0v) is 18.9. The molecule has 29 heavy (non-hydrogen) atoms. The maximum atomic E-state index is 13.1. The topological polar surface area (TPSA) is 73.4 Å². The first-order valence-corrected chi connectivity index (χ1v) is 10.2. The van der Waals surface area contributed by atoms with Gasteiger partial charge < -0.3 is 14.2 Å².